The molecular formula is C15H17ClN6O. The molecule has 0 aliphatic carbocycles. The number of carbonyl (C=O) groups excluding carboxylic acids is 1. The van der Waals surface area contributed by atoms with Gasteiger partial charge in [-0.05, 0) is 24.8 Å². The molecule has 2 rings (SSSR count). The van der Waals surface area contributed by atoms with Crippen molar-refractivity contribution in [2.24, 2.45) is 11.5 Å². The molecule has 1 aromatic rings. The summed E-state index contributed by atoms with van der Waals surface area (Å²) in [6.45, 7) is 10.2. The molecule has 8 heteroatoms. The molecule has 1 aliphatic heterocycles. The molecule has 1 aliphatic rings. The zero-order chi connectivity index (χ0) is 17.2. The zero-order valence-corrected chi connectivity index (χ0v) is 13.5. The molecule has 0 unspecified atom stereocenters. The van der Waals surface area contributed by atoms with E-state index in [1.807, 2.05) is 17.9 Å². The van der Waals surface area contributed by atoms with Crippen LogP contribution in [0.3, 0.4) is 0 Å². The first-order valence-corrected chi connectivity index (χ1v) is 7.59. The molecule has 0 aromatic carbocycles. The van der Waals surface area contributed by atoms with Gasteiger partial charge in [-0.15, -0.1) is 0 Å². The Morgan fingerprint density at radius 3 is 2.61 bits per heavy atom. The fourth-order valence-electron chi connectivity index (χ4n) is 2.74. The van der Waals surface area contributed by atoms with Gasteiger partial charge in [-0.2, -0.15) is 5.26 Å². The molecule has 7 nitrogen and oxygen atoms in total. The lowest BCUT2D eigenvalue weighted by atomic mass is 9.88. The number of pyridine rings is 1. The van der Waals surface area contributed by atoms with Crippen LogP contribution in [0.2, 0.25) is 5.15 Å². The summed E-state index contributed by atoms with van der Waals surface area (Å²) < 4.78 is 0. The van der Waals surface area contributed by atoms with E-state index in [4.69, 9.17) is 29.6 Å². The van der Waals surface area contributed by atoms with Crippen molar-refractivity contribution in [2.45, 2.75) is 31.7 Å². The quantitative estimate of drug-likeness (QED) is 0.643. The molecule has 2 heterocycles. The molecule has 1 saturated heterocycles. The van der Waals surface area contributed by atoms with Gasteiger partial charge in [0.2, 0.25) is 11.6 Å². The Morgan fingerprint density at radius 2 is 2.17 bits per heavy atom. The second-order valence-corrected chi connectivity index (χ2v) is 5.87. The number of primary amides is 1. The van der Waals surface area contributed by atoms with E-state index in [0.717, 1.165) is 0 Å². The van der Waals surface area contributed by atoms with Gasteiger partial charge in [0.05, 0.1) is 17.7 Å². The van der Waals surface area contributed by atoms with Crippen molar-refractivity contribution in [3.8, 4) is 6.07 Å². The summed E-state index contributed by atoms with van der Waals surface area (Å²) in [6, 6.07) is 2.01. The highest BCUT2D eigenvalue weighted by molar-refractivity contribution is 6.31. The zero-order valence-electron chi connectivity index (χ0n) is 12.8. The monoisotopic (exact) mass is 332 g/mol. The van der Waals surface area contributed by atoms with Gasteiger partial charge in [-0.1, -0.05) is 18.5 Å². The first-order valence-electron chi connectivity index (χ1n) is 7.21. The van der Waals surface area contributed by atoms with Gasteiger partial charge in [-0.3, -0.25) is 4.79 Å². The number of hydrogen-bond acceptors (Lipinski definition) is 5. The topological polar surface area (TPSA) is 113 Å². The van der Waals surface area contributed by atoms with Crippen LogP contribution >= 0.6 is 11.6 Å². The van der Waals surface area contributed by atoms with Gasteiger partial charge in [-0.25, -0.2) is 9.83 Å². The van der Waals surface area contributed by atoms with Crippen LogP contribution in [0.15, 0.2) is 0 Å². The summed E-state index contributed by atoms with van der Waals surface area (Å²) in [4.78, 5) is 21.1. The van der Waals surface area contributed by atoms with Crippen LogP contribution in [-0.4, -0.2) is 29.5 Å². The van der Waals surface area contributed by atoms with E-state index in [2.05, 4.69) is 9.83 Å². The van der Waals surface area contributed by atoms with Crippen LogP contribution in [0.5, 0.6) is 0 Å². The third-order valence-electron chi connectivity index (χ3n) is 4.23. The number of hydrogen-bond donors (Lipinski definition) is 2. The summed E-state index contributed by atoms with van der Waals surface area (Å²) in [5.41, 5.74) is 11.5. The molecule has 1 amide bonds. The Kier molecular flexibility index (Phi) is 4.74. The molecule has 0 atom stereocenters. The number of amides is 1. The fourth-order valence-corrected chi connectivity index (χ4v) is 2.98. The number of aromatic nitrogens is 1. The largest absolute Gasteiger partial charge is 0.368 e. The Morgan fingerprint density at radius 1 is 1.57 bits per heavy atom. The summed E-state index contributed by atoms with van der Waals surface area (Å²) >= 11 is 6.11. The molecule has 4 N–H and O–H groups in total. The van der Waals surface area contributed by atoms with E-state index >= 15 is 0 Å². The predicted octanol–water partition coefficient (Wildman–Crippen LogP) is 1.50. The van der Waals surface area contributed by atoms with Gasteiger partial charge < -0.3 is 16.4 Å². The van der Waals surface area contributed by atoms with E-state index in [1.54, 1.807) is 0 Å². The lowest BCUT2D eigenvalue weighted by Gasteiger charge is -2.38. The van der Waals surface area contributed by atoms with Gasteiger partial charge in [0.25, 0.3) is 0 Å². The lowest BCUT2D eigenvalue weighted by Crippen LogP contribution is -2.58. The normalized spacial score (nSPS) is 16.5. The van der Waals surface area contributed by atoms with E-state index in [1.165, 1.54) is 0 Å². The highest BCUT2D eigenvalue weighted by Gasteiger charge is 2.37. The Balaban J connectivity index is 2.43. The molecule has 0 spiro atoms. The first-order chi connectivity index (χ1) is 10.9. The molecule has 1 aromatic heterocycles. The third kappa shape index (κ3) is 2.94. The molecule has 120 valence electrons. The molecule has 23 heavy (non-hydrogen) atoms. The van der Waals surface area contributed by atoms with E-state index in [0.29, 0.717) is 49.4 Å². The number of halogens is 1. The predicted molar refractivity (Wildman–Crippen MR) is 87.2 cm³/mol. The summed E-state index contributed by atoms with van der Waals surface area (Å²) in [7, 11) is 0. The Hall–Kier alpha value is -2.35. The van der Waals surface area contributed by atoms with Crippen LogP contribution < -0.4 is 16.4 Å². The second-order valence-electron chi connectivity index (χ2n) is 5.51. The molecule has 1 fully saturated rings. The minimum absolute atomic E-state index is 0.0891. The maximum Gasteiger partial charge on any atom is 0.237 e. The fraction of sp³-hybridized carbons (Fsp3) is 0.467. The van der Waals surface area contributed by atoms with E-state index < -0.39 is 11.4 Å². The van der Waals surface area contributed by atoms with Crippen molar-refractivity contribution >= 4 is 29.0 Å². The van der Waals surface area contributed by atoms with E-state index in [9.17, 15) is 10.1 Å². The number of nitriles is 1. The molecule has 0 saturated carbocycles. The molecular weight excluding hydrogens is 316 g/mol. The molecule has 0 radical (unpaired) electrons. The van der Waals surface area contributed by atoms with Crippen molar-refractivity contribution in [2.75, 3.05) is 18.0 Å². The minimum Gasteiger partial charge on any atom is -0.368 e. The molecule has 0 bridgehead atoms. The first kappa shape index (κ1) is 17.0. The SMILES string of the molecule is [C-]#[N+]c1c(N2CCC(N)(C(N)=O)CC2)nc(Cl)c(C#N)c1CC. The van der Waals surface area contributed by atoms with Crippen LogP contribution in [0, 0.1) is 17.9 Å². The van der Waals surface area contributed by atoms with Crippen LogP contribution in [0.25, 0.3) is 4.85 Å². The van der Waals surface area contributed by atoms with Gasteiger partial charge in [0.15, 0.2) is 0 Å². The number of anilines is 1. The van der Waals surface area contributed by atoms with E-state index in [-0.39, 0.29) is 10.7 Å². The summed E-state index contributed by atoms with van der Waals surface area (Å²) in [5.74, 6) is -0.0880. The number of nitrogens with two attached hydrogens (primary N) is 2. The third-order valence-corrected chi connectivity index (χ3v) is 4.51. The van der Waals surface area contributed by atoms with Crippen molar-refractivity contribution in [3.05, 3.63) is 27.7 Å². The standard InChI is InChI=1S/C15H17ClN6O/c1-3-9-10(8-17)12(16)21-13(11(9)20-2)22-6-4-15(19,5-7-22)14(18)23/h3-7,19H2,1H3,(H2,18,23). The minimum atomic E-state index is -1.03. The van der Waals surface area contributed by atoms with Crippen molar-refractivity contribution in [3.63, 3.8) is 0 Å². The number of piperidine rings is 1. The van der Waals surface area contributed by atoms with Gasteiger partial charge in [0, 0.05) is 13.1 Å². The van der Waals surface area contributed by atoms with Gasteiger partial charge in [0.1, 0.15) is 17.0 Å². The van der Waals surface area contributed by atoms with Crippen LogP contribution in [0.1, 0.15) is 30.9 Å². The summed E-state index contributed by atoms with van der Waals surface area (Å²) in [6.07, 6.45) is 1.26. The van der Waals surface area contributed by atoms with Gasteiger partial charge >= 0.3 is 0 Å². The average molecular weight is 333 g/mol. The highest BCUT2D eigenvalue weighted by Crippen LogP contribution is 2.38. The van der Waals surface area contributed by atoms with Crippen molar-refractivity contribution < 1.29 is 4.79 Å². The van der Waals surface area contributed by atoms with Crippen LogP contribution in [0.4, 0.5) is 11.5 Å². The smallest absolute Gasteiger partial charge is 0.237 e. The van der Waals surface area contributed by atoms with Crippen LogP contribution in [-0.2, 0) is 11.2 Å². The Bertz CT molecular complexity index is 725. The second kappa shape index (κ2) is 6.41. The lowest BCUT2D eigenvalue weighted by molar-refractivity contribution is -0.123. The number of rotatable bonds is 3. The number of carbonyl (C=O) groups is 1. The maximum atomic E-state index is 11.4. The Labute approximate surface area is 139 Å². The highest BCUT2D eigenvalue weighted by atomic mass is 35.5. The van der Waals surface area contributed by atoms with Crippen molar-refractivity contribution in [1.29, 1.82) is 5.26 Å². The number of nitrogens with zero attached hydrogens (tertiary/aromatic N) is 4. The summed E-state index contributed by atoms with van der Waals surface area (Å²) in [5, 5.41) is 9.31. The van der Waals surface area contributed by atoms with Crippen molar-refractivity contribution in [1.82, 2.24) is 4.98 Å². The average Bonchev–Trinajstić information content (AvgIpc) is 2.54. The maximum absolute atomic E-state index is 11.4.